The molecular weight excluding hydrogens is 337 g/mol. The first-order valence-corrected chi connectivity index (χ1v) is 7.25. The van der Waals surface area contributed by atoms with Crippen molar-refractivity contribution in [2.45, 2.75) is 19.4 Å². The predicted molar refractivity (Wildman–Crippen MR) is 93.3 cm³/mol. The van der Waals surface area contributed by atoms with Crippen LogP contribution in [0.2, 0.25) is 0 Å². The van der Waals surface area contributed by atoms with Gasteiger partial charge in [-0.1, -0.05) is 0 Å². The second kappa shape index (κ2) is 7.61. The van der Waals surface area contributed by atoms with Gasteiger partial charge in [0, 0.05) is 38.2 Å². The lowest BCUT2D eigenvalue weighted by Crippen LogP contribution is -2.38. The van der Waals surface area contributed by atoms with Gasteiger partial charge in [-0.2, -0.15) is 10.1 Å². The first kappa shape index (κ1) is 17.5. The number of hydrogen-bond acceptors (Lipinski definition) is 5. The molecule has 1 fully saturated rings. The van der Waals surface area contributed by atoms with Crippen molar-refractivity contribution in [3.8, 4) is 0 Å². The number of anilines is 1. The molecule has 23 heavy (non-hydrogen) atoms. The predicted octanol–water partition coefficient (Wildman–Crippen LogP) is 2.31. The fourth-order valence-corrected chi connectivity index (χ4v) is 2.97. The second-order valence-electron chi connectivity index (χ2n) is 5.56. The monoisotopic (exact) mass is 355 g/mol. The van der Waals surface area contributed by atoms with Crippen LogP contribution in [0.4, 0.5) is 5.95 Å². The summed E-state index contributed by atoms with van der Waals surface area (Å²) in [6, 6.07) is 0. The molecule has 1 saturated heterocycles. The minimum Gasteiger partial charge on any atom is -0.340 e. The highest BCUT2D eigenvalue weighted by Gasteiger charge is 2.22. The lowest BCUT2D eigenvalue weighted by Gasteiger charge is -2.32. The van der Waals surface area contributed by atoms with Crippen molar-refractivity contribution in [2.75, 3.05) is 18.0 Å². The highest BCUT2D eigenvalue weighted by Crippen LogP contribution is 2.22. The zero-order valence-electron chi connectivity index (χ0n) is 12.5. The zero-order valence-corrected chi connectivity index (χ0v) is 14.1. The van der Waals surface area contributed by atoms with Crippen molar-refractivity contribution in [1.29, 1.82) is 0 Å². The maximum Gasteiger partial charge on any atom is 0.227 e. The number of halogens is 2. The molecule has 124 valence electrons. The smallest absolute Gasteiger partial charge is 0.227 e. The molecule has 7 nitrogen and oxygen atoms in total. The summed E-state index contributed by atoms with van der Waals surface area (Å²) in [5.41, 5.74) is 0.803. The Bertz CT molecular complexity index is 728. The molecule has 4 heterocycles. The number of hydrogen-bond donors (Lipinski definition) is 1. The molecule has 9 heteroatoms. The van der Waals surface area contributed by atoms with Gasteiger partial charge in [-0.05, 0) is 18.8 Å². The molecule has 1 aliphatic rings. The molecule has 1 N–H and O–H groups in total. The number of rotatable bonds is 3. The summed E-state index contributed by atoms with van der Waals surface area (Å²) in [4.78, 5) is 15.4. The first-order chi connectivity index (χ1) is 10.4. The number of nitrogens with zero attached hydrogens (tertiary/aromatic N) is 6. The Hall–Kier alpha value is -1.86. The third-order valence-electron chi connectivity index (χ3n) is 4.01. The SMILES string of the molecule is Cl.Cl.c1cn(CC2CCCN(c3ncc4cn[nH]c4n3)C2)cn1. The largest absolute Gasteiger partial charge is 0.340 e. The Morgan fingerprint density at radius 2 is 2.17 bits per heavy atom. The van der Waals surface area contributed by atoms with Gasteiger partial charge in [0.2, 0.25) is 5.95 Å². The highest BCUT2D eigenvalue weighted by molar-refractivity contribution is 5.85. The fraction of sp³-hybridized carbons (Fsp3) is 0.429. The molecule has 3 aromatic rings. The maximum absolute atomic E-state index is 4.57. The van der Waals surface area contributed by atoms with Gasteiger partial charge < -0.3 is 9.47 Å². The first-order valence-electron chi connectivity index (χ1n) is 7.25. The molecule has 0 saturated carbocycles. The molecule has 0 aromatic carbocycles. The van der Waals surface area contributed by atoms with Gasteiger partial charge in [-0.15, -0.1) is 24.8 Å². The zero-order chi connectivity index (χ0) is 14.1. The van der Waals surface area contributed by atoms with Gasteiger partial charge in [-0.3, -0.25) is 5.10 Å². The van der Waals surface area contributed by atoms with Crippen LogP contribution < -0.4 is 4.90 Å². The Balaban J connectivity index is 0.000000960. The van der Waals surface area contributed by atoms with Crippen molar-refractivity contribution in [1.82, 2.24) is 29.7 Å². The van der Waals surface area contributed by atoms with E-state index in [-0.39, 0.29) is 24.8 Å². The minimum atomic E-state index is 0. The topological polar surface area (TPSA) is 75.5 Å². The minimum absolute atomic E-state index is 0. The number of nitrogens with one attached hydrogen (secondary N) is 1. The highest BCUT2D eigenvalue weighted by atomic mass is 35.5. The quantitative estimate of drug-likeness (QED) is 0.779. The van der Waals surface area contributed by atoms with Crippen molar-refractivity contribution in [3.05, 3.63) is 31.1 Å². The van der Waals surface area contributed by atoms with E-state index in [0.717, 1.165) is 36.6 Å². The third-order valence-corrected chi connectivity index (χ3v) is 4.01. The van der Waals surface area contributed by atoms with Crippen LogP contribution in [0.25, 0.3) is 11.0 Å². The van der Waals surface area contributed by atoms with E-state index in [1.807, 2.05) is 24.9 Å². The number of aromatic amines is 1. The van der Waals surface area contributed by atoms with E-state index in [1.54, 1.807) is 6.20 Å². The normalized spacial score (nSPS) is 17.6. The van der Waals surface area contributed by atoms with E-state index in [9.17, 15) is 0 Å². The van der Waals surface area contributed by atoms with Gasteiger partial charge in [0.15, 0.2) is 5.65 Å². The number of piperidine rings is 1. The van der Waals surface area contributed by atoms with Crippen LogP contribution >= 0.6 is 24.8 Å². The van der Waals surface area contributed by atoms with E-state index in [0.29, 0.717) is 5.92 Å². The van der Waals surface area contributed by atoms with Crippen LogP contribution in [0, 0.1) is 5.92 Å². The summed E-state index contributed by atoms with van der Waals surface area (Å²) in [5.74, 6) is 1.40. The molecule has 3 aromatic heterocycles. The molecule has 0 radical (unpaired) electrons. The Kier molecular flexibility index (Phi) is 5.79. The summed E-state index contributed by atoms with van der Waals surface area (Å²) in [6.07, 6.45) is 11.7. The second-order valence-corrected chi connectivity index (χ2v) is 5.56. The molecular formula is C14H19Cl2N7. The van der Waals surface area contributed by atoms with Crippen LogP contribution in [0.3, 0.4) is 0 Å². The van der Waals surface area contributed by atoms with E-state index >= 15 is 0 Å². The van der Waals surface area contributed by atoms with Crippen LogP contribution in [0.1, 0.15) is 12.8 Å². The molecule has 0 aliphatic carbocycles. The van der Waals surface area contributed by atoms with Crippen molar-refractivity contribution < 1.29 is 0 Å². The van der Waals surface area contributed by atoms with Gasteiger partial charge in [0.25, 0.3) is 0 Å². The molecule has 1 unspecified atom stereocenters. The van der Waals surface area contributed by atoms with E-state index in [2.05, 4.69) is 34.6 Å². The van der Waals surface area contributed by atoms with E-state index in [4.69, 9.17) is 0 Å². The van der Waals surface area contributed by atoms with Crippen LogP contribution in [-0.4, -0.2) is 42.8 Å². The maximum atomic E-state index is 4.57. The lowest BCUT2D eigenvalue weighted by atomic mass is 9.98. The molecule has 1 aliphatic heterocycles. The number of imidazole rings is 1. The van der Waals surface area contributed by atoms with Gasteiger partial charge in [0.05, 0.1) is 17.9 Å². The summed E-state index contributed by atoms with van der Waals surface area (Å²) >= 11 is 0. The molecule has 0 bridgehead atoms. The Morgan fingerprint density at radius 1 is 1.26 bits per heavy atom. The average molecular weight is 356 g/mol. The number of fused-ring (bicyclic) bond motifs is 1. The summed E-state index contributed by atoms with van der Waals surface area (Å²) in [7, 11) is 0. The van der Waals surface area contributed by atoms with Crippen LogP contribution in [-0.2, 0) is 6.54 Å². The van der Waals surface area contributed by atoms with Gasteiger partial charge in [-0.25, -0.2) is 9.97 Å². The third kappa shape index (κ3) is 3.73. The standard InChI is InChI=1S/C14H17N7.2ClH/c1-2-11(8-20-5-3-15-10-20)9-21(4-1)14-16-6-12-7-17-19-13(12)18-14;;/h3,5-7,10-11H,1-2,4,8-9H2,(H,16,17,18,19);2*1H. The molecule has 0 spiro atoms. The Labute approximate surface area is 146 Å². The number of aromatic nitrogens is 6. The summed E-state index contributed by atoms with van der Waals surface area (Å²) < 4.78 is 2.15. The fourth-order valence-electron chi connectivity index (χ4n) is 2.97. The Morgan fingerprint density at radius 3 is 3.00 bits per heavy atom. The van der Waals surface area contributed by atoms with Crippen LogP contribution in [0.15, 0.2) is 31.1 Å². The van der Waals surface area contributed by atoms with Gasteiger partial charge in [0.1, 0.15) is 0 Å². The summed E-state index contributed by atoms with van der Waals surface area (Å²) in [6.45, 7) is 3.00. The number of H-pyrrole nitrogens is 1. The molecule has 4 rings (SSSR count). The molecule has 1 atom stereocenters. The van der Waals surface area contributed by atoms with E-state index in [1.165, 1.54) is 12.8 Å². The van der Waals surface area contributed by atoms with E-state index < -0.39 is 0 Å². The summed E-state index contributed by atoms with van der Waals surface area (Å²) in [5, 5.41) is 7.85. The van der Waals surface area contributed by atoms with Gasteiger partial charge >= 0.3 is 0 Å². The van der Waals surface area contributed by atoms with Crippen LogP contribution in [0.5, 0.6) is 0 Å². The molecule has 0 amide bonds. The lowest BCUT2D eigenvalue weighted by molar-refractivity contribution is 0.364. The van der Waals surface area contributed by atoms with Crippen molar-refractivity contribution in [2.24, 2.45) is 5.92 Å². The average Bonchev–Trinajstić information content (AvgIpc) is 3.17. The van der Waals surface area contributed by atoms with Crippen molar-refractivity contribution in [3.63, 3.8) is 0 Å². The van der Waals surface area contributed by atoms with Crippen molar-refractivity contribution >= 4 is 41.8 Å².